The molecule has 0 bridgehead atoms. The Hall–Kier alpha value is -4.49. The number of nitrogens with zero attached hydrogens (tertiary/aromatic N) is 5. The van der Waals surface area contributed by atoms with Gasteiger partial charge in [-0.05, 0) is 55.8 Å². The van der Waals surface area contributed by atoms with E-state index >= 15 is 0 Å². The number of hydrogen-bond acceptors (Lipinski definition) is 7. The van der Waals surface area contributed by atoms with E-state index in [1.807, 2.05) is 17.9 Å². The van der Waals surface area contributed by atoms with Gasteiger partial charge >= 0.3 is 6.18 Å². The first-order valence-electron chi connectivity index (χ1n) is 14.1. The van der Waals surface area contributed by atoms with E-state index in [1.54, 1.807) is 47.4 Å². The van der Waals surface area contributed by atoms with E-state index in [4.69, 9.17) is 4.74 Å². The summed E-state index contributed by atoms with van der Waals surface area (Å²) in [7, 11) is 1.49. The highest BCUT2D eigenvalue weighted by atomic mass is 19.4. The lowest BCUT2D eigenvalue weighted by atomic mass is 10.0. The molecule has 2 atom stereocenters. The largest absolute Gasteiger partial charge is 0.497 e. The zero-order valence-corrected chi connectivity index (χ0v) is 24.7. The second-order valence-corrected chi connectivity index (χ2v) is 10.8. The zero-order chi connectivity index (χ0) is 31.8. The van der Waals surface area contributed by atoms with Gasteiger partial charge in [0.1, 0.15) is 11.3 Å². The van der Waals surface area contributed by atoms with Crippen LogP contribution < -0.4 is 10.1 Å². The van der Waals surface area contributed by atoms with Crippen LogP contribution in [0.5, 0.6) is 5.75 Å². The molecule has 1 unspecified atom stereocenters. The van der Waals surface area contributed by atoms with Gasteiger partial charge in [-0.2, -0.15) is 18.3 Å². The molecule has 44 heavy (non-hydrogen) atoms. The van der Waals surface area contributed by atoms with E-state index in [1.165, 1.54) is 21.0 Å². The van der Waals surface area contributed by atoms with Gasteiger partial charge in [0.05, 0.1) is 31.6 Å². The maximum absolute atomic E-state index is 14.3. The molecule has 2 aromatic carbocycles. The van der Waals surface area contributed by atoms with Crippen LogP contribution in [0.2, 0.25) is 0 Å². The number of aliphatic hydroxyl groups is 1. The Morgan fingerprint density at radius 1 is 1.16 bits per heavy atom. The van der Waals surface area contributed by atoms with Gasteiger partial charge in [0, 0.05) is 49.4 Å². The summed E-state index contributed by atoms with van der Waals surface area (Å²) >= 11 is 0. The van der Waals surface area contributed by atoms with Crippen molar-refractivity contribution in [1.82, 2.24) is 24.4 Å². The summed E-state index contributed by atoms with van der Waals surface area (Å²) in [6.45, 7) is 5.49. The van der Waals surface area contributed by atoms with E-state index in [0.29, 0.717) is 34.6 Å². The molecule has 2 amide bonds. The number of methoxy groups -OCH3 is 1. The third-order valence-corrected chi connectivity index (χ3v) is 7.87. The molecule has 0 spiro atoms. The molecule has 1 aliphatic heterocycles. The van der Waals surface area contributed by atoms with E-state index in [-0.39, 0.29) is 53.6 Å². The number of rotatable bonds is 7. The van der Waals surface area contributed by atoms with Crippen molar-refractivity contribution in [3.05, 3.63) is 77.1 Å². The van der Waals surface area contributed by atoms with E-state index in [2.05, 4.69) is 15.4 Å². The zero-order valence-electron chi connectivity index (χ0n) is 24.7. The molecule has 1 saturated heterocycles. The van der Waals surface area contributed by atoms with Gasteiger partial charge in [-0.15, -0.1) is 0 Å². The second kappa shape index (κ2) is 12.2. The normalized spacial score (nSPS) is 16.6. The summed E-state index contributed by atoms with van der Waals surface area (Å²) < 4.78 is 48.9. The van der Waals surface area contributed by atoms with Crippen LogP contribution in [-0.2, 0) is 11.0 Å². The number of ether oxygens (including phenoxy) is 1. The summed E-state index contributed by atoms with van der Waals surface area (Å²) in [5, 5.41) is 17.0. The maximum Gasteiger partial charge on any atom is 0.433 e. The number of benzene rings is 2. The first kappa shape index (κ1) is 31.0. The van der Waals surface area contributed by atoms with Crippen LogP contribution in [0.3, 0.4) is 0 Å². The Labute approximate surface area is 252 Å². The standard InChI is InChI=1S/C31H33F3N6O4/c1-18-16-38(26(17-41)22-6-5-7-23(14-22)36-20(3)42)12-13-39(18)30(43)25-15-35-40-28(31(32,33)34)19(2)27(37-29(25)40)21-8-10-24(44-4)11-9-21/h5-11,14-15,18,26,41H,12-13,16-17H2,1-4H3,(H,36,42)/t18-,26?/m1/s1. The molecule has 0 aliphatic carbocycles. The van der Waals surface area contributed by atoms with Gasteiger partial charge in [-0.3, -0.25) is 14.5 Å². The van der Waals surface area contributed by atoms with Gasteiger partial charge in [-0.1, -0.05) is 12.1 Å². The molecular formula is C31H33F3N6O4. The van der Waals surface area contributed by atoms with Gasteiger partial charge < -0.3 is 20.1 Å². The number of anilines is 1. The van der Waals surface area contributed by atoms with Crippen LogP contribution in [0.4, 0.5) is 18.9 Å². The smallest absolute Gasteiger partial charge is 0.433 e. The lowest BCUT2D eigenvalue weighted by Gasteiger charge is -2.43. The number of nitrogens with one attached hydrogen (secondary N) is 1. The molecule has 5 rings (SSSR count). The molecule has 1 fully saturated rings. The van der Waals surface area contributed by atoms with E-state index in [9.17, 15) is 27.9 Å². The van der Waals surface area contributed by atoms with E-state index < -0.39 is 17.8 Å². The third-order valence-electron chi connectivity index (χ3n) is 7.87. The summed E-state index contributed by atoms with van der Waals surface area (Å²) in [6, 6.07) is 13.0. The molecule has 10 nitrogen and oxygen atoms in total. The summed E-state index contributed by atoms with van der Waals surface area (Å²) in [4.78, 5) is 33.5. The molecule has 1 aliphatic rings. The maximum atomic E-state index is 14.3. The Morgan fingerprint density at radius 2 is 1.89 bits per heavy atom. The van der Waals surface area contributed by atoms with Crippen molar-refractivity contribution >= 4 is 23.1 Å². The molecular weight excluding hydrogens is 577 g/mol. The molecule has 4 aromatic rings. The SMILES string of the molecule is COc1ccc(-c2nc3c(C(=O)N4CCN(C(CO)c5cccc(NC(C)=O)c5)C[C@H]4C)cnn3c(C(F)(F)F)c2C)cc1. The topological polar surface area (TPSA) is 112 Å². The first-order chi connectivity index (χ1) is 20.9. The van der Waals surface area contributed by atoms with Crippen LogP contribution in [0.15, 0.2) is 54.7 Å². The van der Waals surface area contributed by atoms with Crippen molar-refractivity contribution in [2.75, 3.05) is 38.7 Å². The summed E-state index contributed by atoms with van der Waals surface area (Å²) in [6.07, 6.45) is -3.62. The first-order valence-corrected chi connectivity index (χ1v) is 14.1. The van der Waals surface area contributed by atoms with Crippen LogP contribution in [0.25, 0.3) is 16.9 Å². The van der Waals surface area contributed by atoms with Crippen LogP contribution in [0.1, 0.15) is 47.1 Å². The Bertz CT molecular complexity index is 1690. The summed E-state index contributed by atoms with van der Waals surface area (Å²) in [5.41, 5.74) is 0.609. The van der Waals surface area contributed by atoms with Crippen molar-refractivity contribution in [3.8, 4) is 17.0 Å². The minimum atomic E-state index is -4.76. The van der Waals surface area contributed by atoms with Gasteiger partial charge in [0.2, 0.25) is 5.91 Å². The number of hydrogen-bond donors (Lipinski definition) is 2. The average Bonchev–Trinajstić information content (AvgIpc) is 3.39. The predicted molar refractivity (Wildman–Crippen MR) is 157 cm³/mol. The quantitative estimate of drug-likeness (QED) is 0.315. The fraction of sp³-hybridized carbons (Fsp3) is 0.355. The number of alkyl halides is 3. The van der Waals surface area contributed by atoms with Crippen molar-refractivity contribution in [1.29, 1.82) is 0 Å². The average molecular weight is 611 g/mol. The fourth-order valence-corrected chi connectivity index (χ4v) is 5.77. The number of aromatic nitrogens is 3. The summed E-state index contributed by atoms with van der Waals surface area (Å²) in [5.74, 6) is -0.148. The van der Waals surface area contributed by atoms with Crippen LogP contribution in [-0.4, -0.2) is 80.7 Å². The van der Waals surface area contributed by atoms with Gasteiger partial charge in [0.15, 0.2) is 11.3 Å². The number of halogens is 3. The van der Waals surface area contributed by atoms with Crippen molar-refractivity contribution in [2.45, 2.75) is 39.0 Å². The minimum absolute atomic E-state index is 0.0349. The highest BCUT2D eigenvalue weighted by molar-refractivity contribution is 6.00. The molecule has 2 aromatic heterocycles. The number of amides is 2. The monoisotopic (exact) mass is 610 g/mol. The molecule has 2 N–H and O–H groups in total. The third kappa shape index (κ3) is 5.97. The lowest BCUT2D eigenvalue weighted by Crippen LogP contribution is -2.55. The molecule has 0 saturated carbocycles. The highest BCUT2D eigenvalue weighted by Crippen LogP contribution is 2.37. The van der Waals surface area contributed by atoms with Gasteiger partial charge in [0.25, 0.3) is 5.91 Å². The molecule has 0 radical (unpaired) electrons. The van der Waals surface area contributed by atoms with E-state index in [0.717, 1.165) is 11.8 Å². The molecule has 232 valence electrons. The molecule has 13 heteroatoms. The van der Waals surface area contributed by atoms with Crippen LogP contribution in [0, 0.1) is 6.92 Å². The predicted octanol–water partition coefficient (Wildman–Crippen LogP) is 4.57. The number of piperazine rings is 1. The van der Waals surface area contributed by atoms with Crippen molar-refractivity contribution < 1.29 is 32.6 Å². The fourth-order valence-electron chi connectivity index (χ4n) is 5.77. The number of fused-ring (bicyclic) bond motifs is 1. The molecule has 3 heterocycles. The Morgan fingerprint density at radius 3 is 2.50 bits per heavy atom. The number of carbonyl (C=O) groups is 2. The highest BCUT2D eigenvalue weighted by Gasteiger charge is 2.39. The Balaban J connectivity index is 1.45. The minimum Gasteiger partial charge on any atom is -0.497 e. The second-order valence-electron chi connectivity index (χ2n) is 10.8. The number of carbonyl (C=O) groups excluding carboxylic acids is 2. The number of aliphatic hydroxyl groups excluding tert-OH is 1. The van der Waals surface area contributed by atoms with Crippen molar-refractivity contribution in [3.63, 3.8) is 0 Å². The van der Waals surface area contributed by atoms with Crippen molar-refractivity contribution in [2.24, 2.45) is 0 Å². The lowest BCUT2D eigenvalue weighted by molar-refractivity contribution is -0.143. The Kier molecular flexibility index (Phi) is 8.62. The van der Waals surface area contributed by atoms with Crippen LogP contribution >= 0.6 is 0 Å². The van der Waals surface area contributed by atoms with Gasteiger partial charge in [-0.25, -0.2) is 9.50 Å².